The van der Waals surface area contributed by atoms with E-state index in [0.29, 0.717) is 29.5 Å². The third kappa shape index (κ3) is 4.34. The minimum Gasteiger partial charge on any atom is -0.462 e. The molecule has 1 aromatic rings. The maximum atomic E-state index is 12.4. The van der Waals surface area contributed by atoms with Crippen LogP contribution in [0.15, 0.2) is 0 Å². The molecule has 1 amide bonds. The fraction of sp³-hybridized carbons (Fsp3) is 0.667. The van der Waals surface area contributed by atoms with Crippen molar-refractivity contribution >= 4 is 28.2 Å². The number of thiophene rings is 1. The van der Waals surface area contributed by atoms with E-state index in [2.05, 4.69) is 12.2 Å². The summed E-state index contributed by atoms with van der Waals surface area (Å²) >= 11 is 1.57. The number of amides is 1. The summed E-state index contributed by atoms with van der Waals surface area (Å²) in [7, 11) is 0. The van der Waals surface area contributed by atoms with Gasteiger partial charge in [0.25, 0.3) is 0 Å². The van der Waals surface area contributed by atoms with Crippen molar-refractivity contribution in [3.05, 3.63) is 16.0 Å². The van der Waals surface area contributed by atoms with Gasteiger partial charge in [-0.15, -0.1) is 11.3 Å². The number of ether oxygens (including phenoxy) is 1. The van der Waals surface area contributed by atoms with E-state index >= 15 is 0 Å². The Morgan fingerprint density at radius 2 is 2.04 bits per heavy atom. The van der Waals surface area contributed by atoms with Crippen molar-refractivity contribution in [3.63, 3.8) is 0 Å². The molecule has 5 heteroatoms. The van der Waals surface area contributed by atoms with Crippen molar-refractivity contribution in [3.8, 4) is 0 Å². The van der Waals surface area contributed by atoms with E-state index in [9.17, 15) is 9.59 Å². The van der Waals surface area contributed by atoms with Crippen molar-refractivity contribution in [1.82, 2.24) is 0 Å². The average Bonchev–Trinajstić information content (AvgIpc) is 2.85. The highest BCUT2D eigenvalue weighted by Gasteiger charge is 2.29. The van der Waals surface area contributed by atoms with E-state index in [0.717, 1.165) is 31.2 Å². The van der Waals surface area contributed by atoms with Gasteiger partial charge in [0, 0.05) is 11.3 Å². The number of nitrogens with one attached hydrogen (secondary N) is 1. The Morgan fingerprint density at radius 1 is 1.26 bits per heavy atom. The van der Waals surface area contributed by atoms with Gasteiger partial charge >= 0.3 is 5.97 Å². The Bertz CT molecular complexity index is 565. The molecule has 1 aliphatic rings. The molecule has 1 aliphatic carbocycles. The lowest BCUT2D eigenvalue weighted by molar-refractivity contribution is -0.116. The van der Waals surface area contributed by atoms with Crippen LogP contribution in [-0.2, 0) is 22.4 Å². The number of fused-ring (bicyclic) bond motifs is 1. The Hall–Kier alpha value is -1.36. The Labute approximate surface area is 142 Å². The van der Waals surface area contributed by atoms with Gasteiger partial charge in [-0.1, -0.05) is 26.7 Å². The van der Waals surface area contributed by atoms with Crippen molar-refractivity contribution < 1.29 is 14.3 Å². The van der Waals surface area contributed by atoms with E-state index in [4.69, 9.17) is 4.74 Å². The van der Waals surface area contributed by atoms with Crippen LogP contribution in [0, 0.1) is 5.92 Å². The highest BCUT2D eigenvalue weighted by molar-refractivity contribution is 7.17. The molecule has 128 valence electrons. The van der Waals surface area contributed by atoms with E-state index < -0.39 is 0 Å². The summed E-state index contributed by atoms with van der Waals surface area (Å²) < 4.78 is 5.23. The van der Waals surface area contributed by atoms with Gasteiger partial charge in [0.2, 0.25) is 5.91 Å². The molecule has 23 heavy (non-hydrogen) atoms. The van der Waals surface area contributed by atoms with Crippen LogP contribution in [0.4, 0.5) is 5.00 Å². The molecule has 0 spiro atoms. The van der Waals surface area contributed by atoms with Crippen LogP contribution < -0.4 is 5.32 Å². The van der Waals surface area contributed by atoms with Crippen LogP contribution in [0.5, 0.6) is 0 Å². The number of esters is 1. The standard InChI is InChI=1S/C18H27NO3S/c1-4-7-12-9-10-13-14(11-12)23-17(19-15(20)8-5-2)16(13)18(21)22-6-3/h12H,4-11H2,1-3H3,(H,19,20). The molecule has 0 aromatic carbocycles. The van der Waals surface area contributed by atoms with Gasteiger partial charge in [-0.2, -0.15) is 0 Å². The zero-order valence-corrected chi connectivity index (χ0v) is 15.2. The van der Waals surface area contributed by atoms with Gasteiger partial charge in [-0.3, -0.25) is 4.79 Å². The number of carbonyl (C=O) groups excluding carboxylic acids is 2. The largest absolute Gasteiger partial charge is 0.462 e. The van der Waals surface area contributed by atoms with Gasteiger partial charge in [-0.05, 0) is 44.1 Å². The minimum atomic E-state index is -0.300. The zero-order chi connectivity index (χ0) is 16.8. The van der Waals surface area contributed by atoms with E-state index in [1.54, 1.807) is 11.3 Å². The summed E-state index contributed by atoms with van der Waals surface area (Å²) in [4.78, 5) is 25.6. The second-order valence-corrected chi connectivity index (χ2v) is 7.23. The highest BCUT2D eigenvalue weighted by atomic mass is 32.1. The Balaban J connectivity index is 2.29. The van der Waals surface area contributed by atoms with Crippen molar-refractivity contribution in [2.75, 3.05) is 11.9 Å². The summed E-state index contributed by atoms with van der Waals surface area (Å²) in [5.41, 5.74) is 1.71. The molecule has 1 aromatic heterocycles. The second-order valence-electron chi connectivity index (χ2n) is 6.12. The smallest absolute Gasteiger partial charge is 0.341 e. The van der Waals surface area contributed by atoms with E-state index in [1.165, 1.54) is 17.7 Å². The molecule has 0 saturated carbocycles. The summed E-state index contributed by atoms with van der Waals surface area (Å²) in [6.45, 7) is 6.35. The van der Waals surface area contributed by atoms with Gasteiger partial charge in [-0.25, -0.2) is 4.79 Å². The third-order valence-corrected chi connectivity index (χ3v) is 5.44. The van der Waals surface area contributed by atoms with E-state index in [-0.39, 0.29) is 11.9 Å². The first-order valence-corrected chi connectivity index (χ1v) is 9.53. The first kappa shape index (κ1) is 18.0. The van der Waals surface area contributed by atoms with Crippen molar-refractivity contribution in [2.24, 2.45) is 5.92 Å². The normalized spacial score (nSPS) is 16.7. The lowest BCUT2D eigenvalue weighted by atomic mass is 9.84. The molecule has 0 radical (unpaired) electrons. The molecule has 0 fully saturated rings. The van der Waals surface area contributed by atoms with Gasteiger partial charge in [0.05, 0.1) is 12.2 Å². The molecule has 1 unspecified atom stereocenters. The number of hydrogen-bond donors (Lipinski definition) is 1. The highest BCUT2D eigenvalue weighted by Crippen LogP contribution is 2.41. The zero-order valence-electron chi connectivity index (χ0n) is 14.4. The monoisotopic (exact) mass is 337 g/mol. The molecular formula is C18H27NO3S. The average molecular weight is 337 g/mol. The topological polar surface area (TPSA) is 55.4 Å². The number of carbonyl (C=O) groups is 2. The van der Waals surface area contributed by atoms with Crippen molar-refractivity contribution in [2.45, 2.75) is 65.7 Å². The quantitative estimate of drug-likeness (QED) is 0.742. The predicted molar refractivity (Wildman–Crippen MR) is 94.2 cm³/mol. The van der Waals surface area contributed by atoms with Gasteiger partial charge in [0.15, 0.2) is 0 Å². The Kier molecular flexibility index (Phi) is 6.63. The van der Waals surface area contributed by atoms with Crippen molar-refractivity contribution in [1.29, 1.82) is 0 Å². The number of rotatable bonds is 7. The first-order valence-electron chi connectivity index (χ1n) is 8.72. The maximum Gasteiger partial charge on any atom is 0.341 e. The minimum absolute atomic E-state index is 0.0262. The molecule has 4 nitrogen and oxygen atoms in total. The van der Waals surface area contributed by atoms with Crippen LogP contribution >= 0.6 is 11.3 Å². The molecular weight excluding hydrogens is 310 g/mol. The SMILES string of the molecule is CCCC(=O)Nc1sc2c(c1C(=O)OCC)CCC(CCC)C2. The van der Waals surface area contributed by atoms with Crippen LogP contribution in [-0.4, -0.2) is 18.5 Å². The molecule has 0 saturated heterocycles. The van der Waals surface area contributed by atoms with Crippen LogP contribution in [0.25, 0.3) is 0 Å². The maximum absolute atomic E-state index is 12.4. The summed E-state index contributed by atoms with van der Waals surface area (Å²) in [5.74, 6) is 0.368. The van der Waals surface area contributed by atoms with Crippen LogP contribution in [0.3, 0.4) is 0 Å². The van der Waals surface area contributed by atoms with Crippen LogP contribution in [0.1, 0.15) is 73.7 Å². The fourth-order valence-corrected chi connectivity index (χ4v) is 4.60. The van der Waals surface area contributed by atoms with Gasteiger partial charge < -0.3 is 10.1 Å². The lowest BCUT2D eigenvalue weighted by Gasteiger charge is -2.21. The number of hydrogen-bond acceptors (Lipinski definition) is 4. The second kappa shape index (κ2) is 8.48. The molecule has 1 atom stereocenters. The summed E-state index contributed by atoms with van der Waals surface area (Å²) in [6, 6.07) is 0. The lowest BCUT2D eigenvalue weighted by Crippen LogP contribution is -2.17. The molecule has 1 N–H and O–H groups in total. The van der Waals surface area contributed by atoms with Gasteiger partial charge in [0.1, 0.15) is 5.00 Å². The first-order chi connectivity index (χ1) is 11.1. The van der Waals surface area contributed by atoms with E-state index in [1.807, 2.05) is 13.8 Å². The fourth-order valence-electron chi connectivity index (χ4n) is 3.23. The Morgan fingerprint density at radius 3 is 2.70 bits per heavy atom. The number of anilines is 1. The molecule has 0 bridgehead atoms. The molecule has 2 rings (SSSR count). The third-order valence-electron chi connectivity index (χ3n) is 4.27. The summed E-state index contributed by atoms with van der Waals surface area (Å²) in [5, 5.41) is 3.62. The summed E-state index contributed by atoms with van der Waals surface area (Å²) in [6.07, 6.45) is 6.73. The molecule has 1 heterocycles. The predicted octanol–water partition coefficient (Wildman–Crippen LogP) is 4.57. The molecule has 0 aliphatic heterocycles. The van der Waals surface area contributed by atoms with Crippen LogP contribution in [0.2, 0.25) is 0 Å².